The Kier molecular flexibility index (Phi) is 4.43. The summed E-state index contributed by atoms with van der Waals surface area (Å²) in [6.45, 7) is 0. The molecule has 0 spiro atoms. The zero-order valence-corrected chi connectivity index (χ0v) is 15.3. The van der Waals surface area contributed by atoms with Crippen molar-refractivity contribution in [2.24, 2.45) is 0 Å². The fraction of sp³-hybridized carbons (Fsp3) is 0.0833. The Bertz CT molecular complexity index is 1090. The van der Waals surface area contributed by atoms with Crippen LogP contribution in [0, 0.1) is 0 Å². The van der Waals surface area contributed by atoms with Crippen molar-refractivity contribution in [2.75, 3.05) is 14.2 Å². The van der Waals surface area contributed by atoms with Gasteiger partial charge in [0.2, 0.25) is 0 Å². The topological polar surface area (TPSA) is 38.7 Å². The quantitative estimate of drug-likeness (QED) is 0.495. The molecule has 0 saturated heterocycles. The van der Waals surface area contributed by atoms with Gasteiger partial charge in [-0.15, -0.1) is 0 Å². The van der Waals surface area contributed by atoms with Gasteiger partial charge in [-0.2, -0.15) is 0 Å². The molecule has 0 unspecified atom stereocenters. The highest BCUT2D eigenvalue weighted by Crippen LogP contribution is 2.46. The summed E-state index contributed by atoms with van der Waals surface area (Å²) in [5.41, 5.74) is 3.79. The van der Waals surface area contributed by atoms with Crippen LogP contribution in [0.3, 0.4) is 0 Å². The molecule has 0 aliphatic heterocycles. The van der Waals surface area contributed by atoms with Gasteiger partial charge in [-0.05, 0) is 40.3 Å². The number of ether oxygens (including phenoxy) is 2. The second-order valence-electron chi connectivity index (χ2n) is 6.31. The Morgan fingerprint density at radius 3 is 1.81 bits per heavy atom. The number of phenolic OH excluding ortho intramolecular Hbond substituents is 1. The summed E-state index contributed by atoms with van der Waals surface area (Å²) in [7, 11) is 3.21. The lowest BCUT2D eigenvalue weighted by atomic mass is 9.90. The number of rotatable bonds is 4. The molecule has 0 saturated carbocycles. The molecule has 3 heteroatoms. The molecule has 0 aliphatic carbocycles. The minimum atomic E-state index is 0.235. The fourth-order valence-corrected chi connectivity index (χ4v) is 3.45. The summed E-state index contributed by atoms with van der Waals surface area (Å²) in [5.74, 6) is 1.46. The van der Waals surface area contributed by atoms with E-state index in [4.69, 9.17) is 9.47 Å². The Morgan fingerprint density at radius 1 is 0.667 bits per heavy atom. The molecule has 4 aromatic carbocycles. The van der Waals surface area contributed by atoms with Crippen molar-refractivity contribution in [1.82, 2.24) is 0 Å². The van der Waals surface area contributed by atoms with Crippen LogP contribution in [0.1, 0.15) is 0 Å². The van der Waals surface area contributed by atoms with Crippen LogP contribution in [-0.4, -0.2) is 19.3 Å². The van der Waals surface area contributed by atoms with Gasteiger partial charge in [0.15, 0.2) is 11.5 Å². The number of hydrogen-bond acceptors (Lipinski definition) is 3. The molecule has 3 nitrogen and oxygen atoms in total. The zero-order chi connectivity index (χ0) is 18.8. The fourth-order valence-electron chi connectivity index (χ4n) is 3.45. The molecule has 4 rings (SSSR count). The van der Waals surface area contributed by atoms with E-state index < -0.39 is 0 Å². The van der Waals surface area contributed by atoms with E-state index in [1.807, 2.05) is 72.8 Å². The van der Waals surface area contributed by atoms with Crippen molar-refractivity contribution in [3.8, 4) is 39.5 Å². The predicted octanol–water partition coefficient (Wildman–Crippen LogP) is 5.90. The van der Waals surface area contributed by atoms with Gasteiger partial charge >= 0.3 is 0 Å². The Balaban J connectivity index is 2.10. The third-order valence-corrected chi connectivity index (χ3v) is 4.76. The van der Waals surface area contributed by atoms with Gasteiger partial charge in [0.05, 0.1) is 14.2 Å². The van der Waals surface area contributed by atoms with E-state index in [2.05, 4.69) is 6.07 Å². The number of hydrogen-bond donors (Lipinski definition) is 1. The van der Waals surface area contributed by atoms with E-state index in [0.29, 0.717) is 11.5 Å². The first kappa shape index (κ1) is 17.0. The van der Waals surface area contributed by atoms with Crippen LogP contribution in [0.25, 0.3) is 33.0 Å². The molecular formula is C24H20O3. The molecular weight excluding hydrogens is 336 g/mol. The molecule has 4 aromatic rings. The van der Waals surface area contributed by atoms with Crippen LogP contribution in [0.2, 0.25) is 0 Å². The molecule has 134 valence electrons. The maximum absolute atomic E-state index is 11.2. The average Bonchev–Trinajstić information content (AvgIpc) is 2.74. The number of aromatic hydroxyl groups is 1. The summed E-state index contributed by atoms with van der Waals surface area (Å²) in [4.78, 5) is 0. The first-order chi connectivity index (χ1) is 13.2. The molecule has 0 aromatic heterocycles. The van der Waals surface area contributed by atoms with Crippen LogP contribution >= 0.6 is 0 Å². The molecule has 27 heavy (non-hydrogen) atoms. The molecule has 0 heterocycles. The molecule has 0 bridgehead atoms. The summed E-state index contributed by atoms with van der Waals surface area (Å²) < 4.78 is 10.9. The smallest absolute Gasteiger partial charge is 0.161 e. The minimum Gasteiger partial charge on any atom is -0.507 e. The molecule has 0 aliphatic rings. The maximum Gasteiger partial charge on any atom is 0.161 e. The van der Waals surface area contributed by atoms with Crippen molar-refractivity contribution in [3.05, 3.63) is 78.9 Å². The Hall–Kier alpha value is -3.46. The van der Waals surface area contributed by atoms with Crippen LogP contribution in [0.4, 0.5) is 0 Å². The van der Waals surface area contributed by atoms with E-state index >= 15 is 0 Å². The van der Waals surface area contributed by atoms with E-state index in [1.165, 1.54) is 0 Å². The minimum absolute atomic E-state index is 0.235. The van der Waals surface area contributed by atoms with Gasteiger partial charge in [-0.25, -0.2) is 0 Å². The first-order valence-corrected chi connectivity index (χ1v) is 8.75. The standard InChI is InChI=1S/C24H20O3/c1-26-21-14-18-13-19(16-9-5-3-6-10-16)23(17-11-7-4-8-12-17)24(25)20(18)15-22(21)27-2/h3-15,25H,1-2H3. The monoisotopic (exact) mass is 356 g/mol. The van der Waals surface area contributed by atoms with E-state index in [-0.39, 0.29) is 5.75 Å². The van der Waals surface area contributed by atoms with Crippen molar-refractivity contribution in [2.45, 2.75) is 0 Å². The summed E-state index contributed by atoms with van der Waals surface area (Å²) >= 11 is 0. The molecule has 0 radical (unpaired) electrons. The van der Waals surface area contributed by atoms with Crippen LogP contribution in [-0.2, 0) is 0 Å². The maximum atomic E-state index is 11.2. The van der Waals surface area contributed by atoms with Crippen molar-refractivity contribution < 1.29 is 14.6 Å². The number of fused-ring (bicyclic) bond motifs is 1. The normalized spacial score (nSPS) is 10.7. The van der Waals surface area contributed by atoms with Crippen molar-refractivity contribution in [1.29, 1.82) is 0 Å². The van der Waals surface area contributed by atoms with Crippen LogP contribution in [0.5, 0.6) is 17.2 Å². The third kappa shape index (κ3) is 2.97. The Labute approximate surface area is 158 Å². The second kappa shape index (κ2) is 7.04. The van der Waals surface area contributed by atoms with Gasteiger partial charge < -0.3 is 14.6 Å². The third-order valence-electron chi connectivity index (χ3n) is 4.76. The summed E-state index contributed by atoms with van der Waals surface area (Å²) in [6, 6.07) is 25.8. The molecule has 0 amide bonds. The highest BCUT2D eigenvalue weighted by molar-refractivity contribution is 6.03. The van der Waals surface area contributed by atoms with Gasteiger partial charge in [0, 0.05) is 10.9 Å². The highest BCUT2D eigenvalue weighted by Gasteiger charge is 2.18. The van der Waals surface area contributed by atoms with Gasteiger partial charge in [-0.3, -0.25) is 0 Å². The lowest BCUT2D eigenvalue weighted by Gasteiger charge is -2.17. The summed E-state index contributed by atoms with van der Waals surface area (Å²) in [5, 5.41) is 12.9. The zero-order valence-electron chi connectivity index (χ0n) is 15.3. The molecule has 0 fully saturated rings. The average molecular weight is 356 g/mol. The molecule has 1 N–H and O–H groups in total. The van der Waals surface area contributed by atoms with Gasteiger partial charge in [0.1, 0.15) is 5.75 Å². The van der Waals surface area contributed by atoms with E-state index in [9.17, 15) is 5.11 Å². The van der Waals surface area contributed by atoms with E-state index in [1.54, 1.807) is 14.2 Å². The largest absolute Gasteiger partial charge is 0.507 e. The van der Waals surface area contributed by atoms with Crippen LogP contribution in [0.15, 0.2) is 78.9 Å². The lowest BCUT2D eigenvalue weighted by Crippen LogP contribution is -1.93. The lowest BCUT2D eigenvalue weighted by molar-refractivity contribution is 0.355. The van der Waals surface area contributed by atoms with Crippen LogP contribution < -0.4 is 9.47 Å². The number of benzene rings is 4. The predicted molar refractivity (Wildman–Crippen MR) is 110 cm³/mol. The highest BCUT2D eigenvalue weighted by atomic mass is 16.5. The summed E-state index contributed by atoms with van der Waals surface area (Å²) in [6.07, 6.45) is 0. The first-order valence-electron chi connectivity index (χ1n) is 8.75. The van der Waals surface area contributed by atoms with Gasteiger partial charge in [0.25, 0.3) is 0 Å². The number of methoxy groups -OCH3 is 2. The second-order valence-corrected chi connectivity index (χ2v) is 6.31. The SMILES string of the molecule is COc1cc2cc(-c3ccccc3)c(-c3ccccc3)c(O)c2cc1OC. The molecule has 0 atom stereocenters. The Morgan fingerprint density at radius 2 is 1.22 bits per heavy atom. The van der Waals surface area contributed by atoms with E-state index in [0.717, 1.165) is 33.0 Å². The van der Waals surface area contributed by atoms with Crippen molar-refractivity contribution in [3.63, 3.8) is 0 Å². The van der Waals surface area contributed by atoms with Gasteiger partial charge in [-0.1, -0.05) is 60.7 Å². The van der Waals surface area contributed by atoms with Crippen molar-refractivity contribution >= 4 is 10.8 Å². The number of phenols is 1.